The fourth-order valence-corrected chi connectivity index (χ4v) is 3.90. The van der Waals surface area contributed by atoms with E-state index in [0.29, 0.717) is 18.7 Å². The molecule has 0 bridgehead atoms. The lowest BCUT2D eigenvalue weighted by Crippen LogP contribution is -2.64. The van der Waals surface area contributed by atoms with Gasteiger partial charge in [-0.05, 0) is 23.8 Å². The van der Waals surface area contributed by atoms with E-state index in [-0.39, 0.29) is 11.8 Å². The second-order valence-corrected chi connectivity index (χ2v) is 6.87. The lowest BCUT2D eigenvalue weighted by atomic mass is 9.69. The monoisotopic (exact) mass is 354 g/mol. The molecule has 2 heterocycles. The van der Waals surface area contributed by atoms with Crippen molar-refractivity contribution >= 4 is 21.9 Å². The van der Waals surface area contributed by atoms with Crippen molar-refractivity contribution in [1.29, 1.82) is 0 Å². The number of nitrogens with two attached hydrogens (primary N) is 1. The maximum atomic E-state index is 11.6. The van der Waals surface area contributed by atoms with Gasteiger partial charge < -0.3 is 15.2 Å². The molecule has 4 unspecified atom stereocenters. The molecule has 1 aromatic carbocycles. The number of carbonyl (C=O) groups is 1. The number of ether oxygens (including phenoxy) is 1. The highest BCUT2D eigenvalue weighted by Crippen LogP contribution is 2.49. The van der Waals surface area contributed by atoms with E-state index in [1.165, 1.54) is 0 Å². The molecule has 6 heteroatoms. The third kappa shape index (κ3) is 2.45. The Balaban J connectivity index is 2.12. The van der Waals surface area contributed by atoms with Crippen molar-refractivity contribution in [3.8, 4) is 5.75 Å². The van der Waals surface area contributed by atoms with E-state index in [9.17, 15) is 9.90 Å². The van der Waals surface area contributed by atoms with Crippen molar-refractivity contribution < 1.29 is 14.6 Å². The highest BCUT2D eigenvalue weighted by molar-refractivity contribution is 9.10. The summed E-state index contributed by atoms with van der Waals surface area (Å²) in [5.41, 5.74) is 6.61. The molecule has 0 spiro atoms. The smallest absolute Gasteiger partial charge is 0.306 e. The quantitative estimate of drug-likeness (QED) is 0.755. The van der Waals surface area contributed by atoms with Gasteiger partial charge in [-0.15, -0.1) is 0 Å². The van der Waals surface area contributed by atoms with Crippen LogP contribution >= 0.6 is 15.9 Å². The molecular weight excluding hydrogens is 336 g/mol. The molecule has 21 heavy (non-hydrogen) atoms. The highest BCUT2D eigenvalue weighted by atomic mass is 79.9. The zero-order chi connectivity index (χ0) is 15.2. The minimum Gasteiger partial charge on any atom is -0.481 e. The number of fused-ring (bicyclic) bond motifs is 2. The Kier molecular flexibility index (Phi) is 3.71. The minimum absolute atomic E-state index is 0.0563. The second-order valence-electron chi connectivity index (χ2n) is 5.95. The fourth-order valence-electron chi connectivity index (χ4n) is 3.52. The second kappa shape index (κ2) is 5.26. The van der Waals surface area contributed by atoms with E-state index in [2.05, 4.69) is 21.2 Å². The van der Waals surface area contributed by atoms with Crippen molar-refractivity contribution in [2.24, 2.45) is 17.6 Å². The van der Waals surface area contributed by atoms with Crippen LogP contribution in [0, 0.1) is 11.8 Å². The Labute approximate surface area is 132 Å². The average Bonchev–Trinajstić information content (AvgIpc) is 2.44. The number of aliphatic carboxylic acids is 1. The molecule has 2 aliphatic heterocycles. The predicted octanol–water partition coefficient (Wildman–Crippen LogP) is 1.91. The zero-order valence-corrected chi connectivity index (χ0v) is 13.4. The maximum Gasteiger partial charge on any atom is 0.306 e. The molecule has 0 amide bonds. The number of carboxylic acid groups (broad SMARTS) is 1. The van der Waals surface area contributed by atoms with Crippen molar-refractivity contribution in [3.63, 3.8) is 0 Å². The molecule has 1 fully saturated rings. The Hall–Kier alpha value is -1.11. The summed E-state index contributed by atoms with van der Waals surface area (Å²) in [7, 11) is 0. The van der Waals surface area contributed by atoms with E-state index < -0.39 is 17.6 Å². The Bertz CT molecular complexity index is 580. The van der Waals surface area contributed by atoms with Gasteiger partial charge in [-0.3, -0.25) is 10.5 Å². The molecule has 0 aromatic heterocycles. The molecular formula is C15H19BrN2O3. The Morgan fingerprint density at radius 2 is 2.38 bits per heavy atom. The molecule has 4 atom stereocenters. The summed E-state index contributed by atoms with van der Waals surface area (Å²) in [4.78, 5) is 11.6. The van der Waals surface area contributed by atoms with Gasteiger partial charge in [0.05, 0.1) is 5.92 Å². The van der Waals surface area contributed by atoms with Crippen molar-refractivity contribution in [2.45, 2.75) is 25.0 Å². The fraction of sp³-hybridized carbons (Fsp3) is 0.533. The summed E-state index contributed by atoms with van der Waals surface area (Å²) >= 11 is 3.46. The number of hydrogen-bond donors (Lipinski definition) is 3. The number of benzene rings is 1. The highest BCUT2D eigenvalue weighted by Gasteiger charge is 2.51. The number of hydrogen-bond acceptors (Lipinski definition) is 4. The third-order valence-electron chi connectivity index (χ3n) is 4.68. The van der Waals surface area contributed by atoms with Crippen LogP contribution in [-0.2, 0) is 4.79 Å². The number of carboxylic acids is 1. The van der Waals surface area contributed by atoms with Crippen molar-refractivity contribution in [2.75, 3.05) is 13.1 Å². The summed E-state index contributed by atoms with van der Waals surface area (Å²) in [5.74, 6) is -0.840. The van der Waals surface area contributed by atoms with Crippen LogP contribution in [0.3, 0.4) is 0 Å². The number of piperidine rings is 1. The SMILES string of the molecule is CC(C(=O)O)C1c2cc(Br)ccc2OC2(N)CCNCC12. The number of nitrogens with one attached hydrogen (secondary N) is 1. The van der Waals surface area contributed by atoms with Gasteiger partial charge in [0.2, 0.25) is 0 Å². The van der Waals surface area contributed by atoms with E-state index >= 15 is 0 Å². The average molecular weight is 355 g/mol. The zero-order valence-electron chi connectivity index (χ0n) is 11.8. The van der Waals surface area contributed by atoms with Gasteiger partial charge >= 0.3 is 5.97 Å². The molecule has 3 rings (SSSR count). The van der Waals surface area contributed by atoms with E-state index in [1.807, 2.05) is 18.2 Å². The molecule has 0 saturated carbocycles. The van der Waals surface area contributed by atoms with Crippen LogP contribution in [0.4, 0.5) is 0 Å². The molecule has 1 aromatic rings. The van der Waals surface area contributed by atoms with Crippen molar-refractivity contribution in [3.05, 3.63) is 28.2 Å². The molecule has 2 aliphatic rings. The molecule has 1 saturated heterocycles. The summed E-state index contributed by atoms with van der Waals surface area (Å²) < 4.78 is 6.98. The predicted molar refractivity (Wildman–Crippen MR) is 82.2 cm³/mol. The molecule has 114 valence electrons. The standard InChI is InChI=1S/C15H19BrN2O3/c1-8(14(19)20)13-10-6-9(16)2-3-12(10)21-15(17)4-5-18-7-11(13)15/h2-3,6,8,11,13,18H,4-5,7,17H2,1H3,(H,19,20). The first-order chi connectivity index (χ1) is 9.92. The number of halogens is 1. The lowest BCUT2D eigenvalue weighted by molar-refractivity contribution is -0.144. The van der Waals surface area contributed by atoms with E-state index in [4.69, 9.17) is 10.5 Å². The summed E-state index contributed by atoms with van der Waals surface area (Å²) in [6, 6.07) is 5.72. The maximum absolute atomic E-state index is 11.6. The van der Waals surface area contributed by atoms with Crippen molar-refractivity contribution in [1.82, 2.24) is 5.32 Å². The third-order valence-corrected chi connectivity index (χ3v) is 5.17. The van der Waals surface area contributed by atoms with Crippen LogP contribution in [0.2, 0.25) is 0 Å². The van der Waals surface area contributed by atoms with Crippen LogP contribution in [0.25, 0.3) is 0 Å². The van der Waals surface area contributed by atoms with Crippen LogP contribution in [0.15, 0.2) is 22.7 Å². The number of rotatable bonds is 2. The van der Waals surface area contributed by atoms with Crippen LogP contribution in [0.5, 0.6) is 5.75 Å². The normalized spacial score (nSPS) is 32.5. The van der Waals surface area contributed by atoms with Gasteiger partial charge in [0.15, 0.2) is 5.72 Å². The summed E-state index contributed by atoms with van der Waals surface area (Å²) in [6.07, 6.45) is 0.677. The van der Waals surface area contributed by atoms with Gasteiger partial charge in [0, 0.05) is 35.8 Å². The van der Waals surface area contributed by atoms with E-state index in [1.54, 1.807) is 6.92 Å². The van der Waals surface area contributed by atoms with Gasteiger partial charge in [0.25, 0.3) is 0 Å². The Morgan fingerprint density at radius 1 is 1.62 bits per heavy atom. The summed E-state index contributed by atoms with van der Waals surface area (Å²) in [6.45, 7) is 3.20. The van der Waals surface area contributed by atoms with Gasteiger partial charge in [0.1, 0.15) is 5.75 Å². The van der Waals surface area contributed by atoms with Gasteiger partial charge in [-0.1, -0.05) is 22.9 Å². The minimum atomic E-state index is -0.805. The van der Waals surface area contributed by atoms with E-state index in [0.717, 1.165) is 16.6 Å². The van der Waals surface area contributed by atoms with Crippen LogP contribution < -0.4 is 15.8 Å². The summed E-state index contributed by atoms with van der Waals surface area (Å²) in [5, 5.41) is 12.8. The molecule has 5 nitrogen and oxygen atoms in total. The lowest BCUT2D eigenvalue weighted by Gasteiger charge is -2.50. The van der Waals surface area contributed by atoms with Gasteiger partial charge in [-0.2, -0.15) is 0 Å². The first-order valence-corrected chi connectivity index (χ1v) is 7.92. The van der Waals surface area contributed by atoms with Gasteiger partial charge in [-0.25, -0.2) is 0 Å². The molecule has 0 aliphatic carbocycles. The topological polar surface area (TPSA) is 84.6 Å². The first-order valence-electron chi connectivity index (χ1n) is 7.13. The molecule has 4 N–H and O–H groups in total. The molecule has 0 radical (unpaired) electrons. The largest absolute Gasteiger partial charge is 0.481 e. The Morgan fingerprint density at radius 3 is 3.10 bits per heavy atom. The first kappa shape index (κ1) is 14.8. The van der Waals surface area contributed by atoms with Crippen LogP contribution in [0.1, 0.15) is 24.8 Å². The van der Waals surface area contributed by atoms with Crippen LogP contribution in [-0.4, -0.2) is 29.9 Å².